The normalized spacial score (nSPS) is 20.9. The van der Waals surface area contributed by atoms with Crippen molar-refractivity contribution in [2.75, 3.05) is 50.7 Å². The highest BCUT2D eigenvalue weighted by Gasteiger charge is 2.31. The molecule has 1 atom stereocenters. The van der Waals surface area contributed by atoms with Gasteiger partial charge in [0, 0.05) is 76.5 Å². The number of carbonyl (C=O) groups excluding carboxylic acids is 1. The molecule has 0 radical (unpaired) electrons. The second kappa shape index (κ2) is 9.10. The molecular formula is C21H28N6O. The van der Waals surface area contributed by atoms with Gasteiger partial charge in [0.25, 0.3) is 0 Å². The first-order chi connectivity index (χ1) is 13.8. The molecule has 0 saturated carbocycles. The maximum atomic E-state index is 13.0. The van der Waals surface area contributed by atoms with Gasteiger partial charge in [0.05, 0.1) is 5.92 Å². The number of piperidine rings is 1. The molecule has 1 unspecified atom stereocenters. The molecule has 0 aromatic carbocycles. The smallest absolute Gasteiger partial charge is 0.227 e. The molecule has 148 valence electrons. The monoisotopic (exact) mass is 380 g/mol. The fourth-order valence-electron chi connectivity index (χ4n) is 4.08. The Morgan fingerprint density at radius 1 is 0.964 bits per heavy atom. The average molecular weight is 380 g/mol. The summed E-state index contributed by atoms with van der Waals surface area (Å²) in [6.45, 7) is 6.17. The zero-order chi connectivity index (χ0) is 19.2. The van der Waals surface area contributed by atoms with Crippen LogP contribution in [0.2, 0.25) is 0 Å². The molecule has 2 fully saturated rings. The molecule has 0 spiro atoms. The van der Waals surface area contributed by atoms with Crippen LogP contribution < -0.4 is 4.90 Å². The maximum absolute atomic E-state index is 13.0. The first-order valence-electron chi connectivity index (χ1n) is 10.2. The van der Waals surface area contributed by atoms with Crippen LogP contribution in [0.25, 0.3) is 0 Å². The van der Waals surface area contributed by atoms with E-state index in [-0.39, 0.29) is 5.92 Å². The van der Waals surface area contributed by atoms with Gasteiger partial charge < -0.3 is 9.80 Å². The summed E-state index contributed by atoms with van der Waals surface area (Å²) in [5, 5.41) is 0. The lowest BCUT2D eigenvalue weighted by Crippen LogP contribution is -2.53. The predicted octanol–water partition coefficient (Wildman–Crippen LogP) is 1.47. The second-order valence-electron chi connectivity index (χ2n) is 7.57. The third kappa shape index (κ3) is 4.65. The van der Waals surface area contributed by atoms with Crippen molar-refractivity contribution >= 4 is 11.9 Å². The zero-order valence-corrected chi connectivity index (χ0v) is 16.3. The summed E-state index contributed by atoms with van der Waals surface area (Å²) in [6.07, 6.45) is 8.31. The molecule has 2 aromatic rings. The number of hydrogen-bond acceptors (Lipinski definition) is 6. The minimum Gasteiger partial charge on any atom is -0.340 e. The Bertz CT molecular complexity index is 748. The standard InChI is InChI=1S/C21H28N6O/c28-20(18-5-3-11-27(17-18)21-23-9-4-10-24-21)26-15-13-25(14-16-26)12-7-19-6-1-2-8-22-19/h1-2,4,6,8-10,18H,3,5,7,11-17H2. The minimum atomic E-state index is 0.0534. The van der Waals surface area contributed by atoms with Gasteiger partial charge in [-0.1, -0.05) is 6.07 Å². The SMILES string of the molecule is O=C(C1CCCN(c2ncccn2)C1)N1CCN(CCc2ccccn2)CC1. The van der Waals surface area contributed by atoms with Crippen LogP contribution in [0, 0.1) is 5.92 Å². The minimum absolute atomic E-state index is 0.0534. The summed E-state index contributed by atoms with van der Waals surface area (Å²) in [7, 11) is 0. The molecule has 0 N–H and O–H groups in total. The molecule has 2 aliphatic rings. The summed E-state index contributed by atoms with van der Waals surface area (Å²) < 4.78 is 0. The summed E-state index contributed by atoms with van der Waals surface area (Å²) >= 11 is 0. The average Bonchev–Trinajstić information content (AvgIpc) is 2.79. The van der Waals surface area contributed by atoms with Crippen molar-refractivity contribution in [2.24, 2.45) is 5.92 Å². The number of pyridine rings is 1. The lowest BCUT2D eigenvalue weighted by Gasteiger charge is -2.39. The van der Waals surface area contributed by atoms with Crippen molar-refractivity contribution in [1.82, 2.24) is 24.8 Å². The first-order valence-corrected chi connectivity index (χ1v) is 10.2. The van der Waals surface area contributed by atoms with E-state index in [0.717, 1.165) is 76.7 Å². The Hall–Kier alpha value is -2.54. The van der Waals surface area contributed by atoms with E-state index in [1.54, 1.807) is 12.4 Å². The van der Waals surface area contributed by atoms with Crippen molar-refractivity contribution in [3.63, 3.8) is 0 Å². The molecule has 2 aliphatic heterocycles. The van der Waals surface area contributed by atoms with Crippen LogP contribution in [0.5, 0.6) is 0 Å². The van der Waals surface area contributed by atoms with Crippen LogP contribution in [0.15, 0.2) is 42.9 Å². The summed E-state index contributed by atoms with van der Waals surface area (Å²) in [5.74, 6) is 1.09. The highest BCUT2D eigenvalue weighted by molar-refractivity contribution is 5.79. The lowest BCUT2D eigenvalue weighted by molar-refractivity contribution is -0.137. The maximum Gasteiger partial charge on any atom is 0.227 e. The van der Waals surface area contributed by atoms with E-state index in [2.05, 4.69) is 35.7 Å². The zero-order valence-electron chi connectivity index (χ0n) is 16.3. The van der Waals surface area contributed by atoms with Crippen molar-refractivity contribution in [2.45, 2.75) is 19.3 Å². The van der Waals surface area contributed by atoms with Gasteiger partial charge >= 0.3 is 0 Å². The van der Waals surface area contributed by atoms with Crippen LogP contribution in [0.1, 0.15) is 18.5 Å². The van der Waals surface area contributed by atoms with Gasteiger partial charge in [-0.3, -0.25) is 14.7 Å². The Morgan fingerprint density at radius 2 is 1.75 bits per heavy atom. The van der Waals surface area contributed by atoms with Crippen LogP contribution >= 0.6 is 0 Å². The third-order valence-corrected chi connectivity index (χ3v) is 5.70. The van der Waals surface area contributed by atoms with Crippen molar-refractivity contribution in [1.29, 1.82) is 0 Å². The van der Waals surface area contributed by atoms with Crippen molar-refractivity contribution in [3.05, 3.63) is 48.5 Å². The van der Waals surface area contributed by atoms with Crippen molar-refractivity contribution in [3.8, 4) is 0 Å². The van der Waals surface area contributed by atoms with Gasteiger partial charge in [-0.15, -0.1) is 0 Å². The number of nitrogens with zero attached hydrogens (tertiary/aromatic N) is 6. The van der Waals surface area contributed by atoms with E-state index in [9.17, 15) is 4.79 Å². The van der Waals surface area contributed by atoms with Gasteiger partial charge in [0.1, 0.15) is 0 Å². The molecule has 7 nitrogen and oxygen atoms in total. The number of piperazine rings is 1. The van der Waals surface area contributed by atoms with E-state index in [1.807, 2.05) is 24.4 Å². The number of hydrogen-bond donors (Lipinski definition) is 0. The number of carbonyl (C=O) groups is 1. The van der Waals surface area contributed by atoms with E-state index >= 15 is 0 Å². The highest BCUT2D eigenvalue weighted by Crippen LogP contribution is 2.22. The summed E-state index contributed by atoms with van der Waals surface area (Å²) in [4.78, 5) is 32.8. The van der Waals surface area contributed by atoms with Gasteiger partial charge in [-0.25, -0.2) is 9.97 Å². The van der Waals surface area contributed by atoms with Crippen LogP contribution in [-0.4, -0.2) is 76.5 Å². The highest BCUT2D eigenvalue weighted by atomic mass is 16.2. The molecule has 2 aromatic heterocycles. The molecule has 4 heterocycles. The topological polar surface area (TPSA) is 65.5 Å². The van der Waals surface area contributed by atoms with Gasteiger partial charge in [0.2, 0.25) is 11.9 Å². The molecular weight excluding hydrogens is 352 g/mol. The number of rotatable bonds is 5. The molecule has 0 bridgehead atoms. The van der Waals surface area contributed by atoms with Crippen molar-refractivity contribution < 1.29 is 4.79 Å². The Morgan fingerprint density at radius 3 is 2.50 bits per heavy atom. The van der Waals surface area contributed by atoms with E-state index < -0.39 is 0 Å². The molecule has 1 amide bonds. The van der Waals surface area contributed by atoms with E-state index in [0.29, 0.717) is 5.91 Å². The molecule has 28 heavy (non-hydrogen) atoms. The third-order valence-electron chi connectivity index (χ3n) is 5.70. The second-order valence-corrected chi connectivity index (χ2v) is 7.57. The number of aromatic nitrogens is 3. The fourth-order valence-corrected chi connectivity index (χ4v) is 4.08. The Kier molecular flexibility index (Phi) is 6.11. The largest absolute Gasteiger partial charge is 0.340 e. The molecule has 2 saturated heterocycles. The summed E-state index contributed by atoms with van der Waals surface area (Å²) in [6, 6.07) is 7.88. The molecule has 7 heteroatoms. The van der Waals surface area contributed by atoms with E-state index in [4.69, 9.17) is 0 Å². The summed E-state index contributed by atoms with van der Waals surface area (Å²) in [5.41, 5.74) is 1.13. The Labute approximate surface area is 166 Å². The first kappa shape index (κ1) is 18.8. The number of anilines is 1. The van der Waals surface area contributed by atoms with E-state index in [1.165, 1.54) is 0 Å². The molecule has 0 aliphatic carbocycles. The van der Waals surface area contributed by atoms with Crippen LogP contribution in [-0.2, 0) is 11.2 Å². The number of amides is 1. The van der Waals surface area contributed by atoms with Gasteiger partial charge in [0.15, 0.2) is 0 Å². The van der Waals surface area contributed by atoms with Gasteiger partial charge in [-0.2, -0.15) is 0 Å². The van der Waals surface area contributed by atoms with Gasteiger partial charge in [-0.05, 0) is 31.0 Å². The van der Waals surface area contributed by atoms with Crippen LogP contribution in [0.4, 0.5) is 5.95 Å². The fraction of sp³-hybridized carbons (Fsp3) is 0.524. The predicted molar refractivity (Wildman–Crippen MR) is 108 cm³/mol. The Balaban J connectivity index is 1.25. The van der Waals surface area contributed by atoms with Crippen LogP contribution in [0.3, 0.4) is 0 Å². The quantitative estimate of drug-likeness (QED) is 0.783. The lowest BCUT2D eigenvalue weighted by atomic mass is 9.96. The molecule has 4 rings (SSSR count).